The van der Waals surface area contributed by atoms with Gasteiger partial charge in [0.05, 0.1) is 0 Å². The Morgan fingerprint density at radius 1 is 1.33 bits per heavy atom. The summed E-state index contributed by atoms with van der Waals surface area (Å²) >= 11 is 5.86. The second kappa shape index (κ2) is 7.96. The van der Waals surface area contributed by atoms with Gasteiger partial charge >= 0.3 is 6.03 Å². The van der Waals surface area contributed by atoms with Gasteiger partial charge in [-0.1, -0.05) is 11.6 Å². The first-order valence-electron chi connectivity index (χ1n) is 8.17. The Morgan fingerprint density at radius 2 is 2.08 bits per heavy atom. The van der Waals surface area contributed by atoms with Crippen molar-refractivity contribution in [3.8, 4) is 5.88 Å². The van der Waals surface area contributed by atoms with Crippen LogP contribution in [0.2, 0.25) is 5.15 Å². The summed E-state index contributed by atoms with van der Waals surface area (Å²) < 4.78 is 5.41. The van der Waals surface area contributed by atoms with Gasteiger partial charge < -0.3 is 25.0 Å². The number of urea groups is 1. The predicted octanol–water partition coefficient (Wildman–Crippen LogP) is 0.359. The van der Waals surface area contributed by atoms with Crippen molar-refractivity contribution in [2.75, 3.05) is 39.3 Å². The van der Waals surface area contributed by atoms with E-state index in [2.05, 4.69) is 20.2 Å². The molecule has 9 heteroatoms. The fourth-order valence-corrected chi connectivity index (χ4v) is 3.34. The van der Waals surface area contributed by atoms with Gasteiger partial charge in [-0.3, -0.25) is 0 Å². The van der Waals surface area contributed by atoms with E-state index in [0.29, 0.717) is 12.6 Å². The van der Waals surface area contributed by atoms with Crippen LogP contribution in [0.3, 0.4) is 0 Å². The van der Waals surface area contributed by atoms with Crippen LogP contribution in [0, 0.1) is 0 Å². The number of nitrogens with zero attached hydrogens (tertiary/aromatic N) is 4. The second-order valence-electron chi connectivity index (χ2n) is 6.07. The van der Waals surface area contributed by atoms with Crippen LogP contribution in [0.1, 0.15) is 12.8 Å². The van der Waals surface area contributed by atoms with E-state index in [9.17, 15) is 9.90 Å². The largest absolute Gasteiger partial charge is 0.473 e. The molecule has 0 spiro atoms. The van der Waals surface area contributed by atoms with Gasteiger partial charge in [0.2, 0.25) is 0 Å². The molecule has 0 radical (unpaired) electrons. The molecule has 2 fully saturated rings. The number of hydrogen-bond donors (Lipinski definition) is 2. The zero-order valence-corrected chi connectivity index (χ0v) is 14.2. The van der Waals surface area contributed by atoms with Gasteiger partial charge in [-0.15, -0.1) is 0 Å². The number of β-amino-alcohol motifs (C(OH)–C–C–N with tert-alkyl or cyclic N) is 1. The summed E-state index contributed by atoms with van der Waals surface area (Å²) in [5.41, 5.74) is 0. The third kappa shape index (κ3) is 4.25. The highest BCUT2D eigenvalue weighted by molar-refractivity contribution is 6.30. The van der Waals surface area contributed by atoms with Crippen molar-refractivity contribution in [2.24, 2.45) is 0 Å². The van der Waals surface area contributed by atoms with Crippen molar-refractivity contribution >= 4 is 17.6 Å². The zero-order chi connectivity index (χ0) is 16.9. The fraction of sp³-hybridized carbons (Fsp3) is 0.667. The van der Waals surface area contributed by atoms with Crippen LogP contribution in [0.5, 0.6) is 5.88 Å². The molecule has 2 aliphatic rings. The molecule has 2 aliphatic heterocycles. The van der Waals surface area contributed by atoms with E-state index in [1.807, 2.05) is 4.90 Å². The lowest BCUT2D eigenvalue weighted by atomic mass is 10.0. The Morgan fingerprint density at radius 3 is 2.75 bits per heavy atom. The normalized spacial score (nSPS) is 20.9. The number of aromatic nitrogens is 2. The summed E-state index contributed by atoms with van der Waals surface area (Å²) in [5.74, 6) is 0.233. The van der Waals surface area contributed by atoms with Crippen molar-refractivity contribution < 1.29 is 14.6 Å². The minimum atomic E-state index is -0.630. The summed E-state index contributed by atoms with van der Waals surface area (Å²) in [5, 5.41) is 13.2. The molecule has 2 N–H and O–H groups in total. The monoisotopic (exact) mass is 355 g/mol. The molecule has 3 heterocycles. The number of carbonyl (C=O) groups is 1. The molecule has 1 aromatic rings. The number of rotatable bonds is 6. The number of piperidine rings is 1. The quantitative estimate of drug-likeness (QED) is 0.765. The van der Waals surface area contributed by atoms with Gasteiger partial charge in [0, 0.05) is 51.2 Å². The molecule has 0 aliphatic carbocycles. The van der Waals surface area contributed by atoms with E-state index in [1.165, 1.54) is 12.4 Å². The third-order valence-electron chi connectivity index (χ3n) is 4.39. The molecular formula is C15H22ClN5O3. The van der Waals surface area contributed by atoms with Crippen LogP contribution in [-0.4, -0.2) is 82.4 Å². The Labute approximate surface area is 145 Å². The number of halogens is 1. The standard InChI is InChI=1S/C15H22ClN5O3/c16-13-14(18-4-3-17-13)24-10-12(22)9-20-6-1-11(2-7-20)21-8-5-19-15(21)23/h3-4,11-12,22H,1-2,5-10H2,(H,19,23). The minimum absolute atomic E-state index is 0.0442. The SMILES string of the molecule is O=C1NCCN1C1CCN(CC(O)COc2nccnc2Cl)CC1. The Kier molecular flexibility index (Phi) is 5.70. The van der Waals surface area contributed by atoms with Crippen molar-refractivity contribution in [2.45, 2.75) is 25.0 Å². The lowest BCUT2D eigenvalue weighted by Gasteiger charge is -2.36. The van der Waals surface area contributed by atoms with Gasteiger partial charge in [0.25, 0.3) is 5.88 Å². The van der Waals surface area contributed by atoms with Crippen LogP contribution < -0.4 is 10.1 Å². The number of likely N-dealkylation sites (tertiary alicyclic amines) is 1. The lowest BCUT2D eigenvalue weighted by molar-refractivity contribution is 0.0496. The van der Waals surface area contributed by atoms with Crippen LogP contribution >= 0.6 is 11.6 Å². The maximum atomic E-state index is 11.7. The number of amides is 2. The van der Waals surface area contributed by atoms with Crippen LogP contribution in [-0.2, 0) is 0 Å². The van der Waals surface area contributed by atoms with Crippen LogP contribution in [0.4, 0.5) is 4.79 Å². The van der Waals surface area contributed by atoms with Crippen molar-refractivity contribution in [3.63, 3.8) is 0 Å². The number of hydrogen-bond acceptors (Lipinski definition) is 6. The van der Waals surface area contributed by atoms with Gasteiger partial charge in [-0.2, -0.15) is 0 Å². The highest BCUT2D eigenvalue weighted by atomic mass is 35.5. The highest BCUT2D eigenvalue weighted by Crippen LogP contribution is 2.19. The van der Waals surface area contributed by atoms with Gasteiger partial charge in [-0.05, 0) is 12.8 Å². The number of aliphatic hydroxyl groups is 1. The number of nitrogens with one attached hydrogen (secondary N) is 1. The molecule has 2 saturated heterocycles. The van der Waals surface area contributed by atoms with Crippen LogP contribution in [0.25, 0.3) is 0 Å². The van der Waals surface area contributed by atoms with E-state index >= 15 is 0 Å². The second-order valence-corrected chi connectivity index (χ2v) is 6.43. The summed E-state index contributed by atoms with van der Waals surface area (Å²) in [4.78, 5) is 23.7. The molecule has 24 heavy (non-hydrogen) atoms. The fourth-order valence-electron chi connectivity index (χ4n) is 3.18. The van der Waals surface area contributed by atoms with Crippen molar-refractivity contribution in [1.29, 1.82) is 0 Å². The summed E-state index contributed by atoms with van der Waals surface area (Å²) in [6, 6.07) is 0.346. The first-order valence-corrected chi connectivity index (χ1v) is 8.55. The molecule has 1 unspecified atom stereocenters. The molecule has 1 aromatic heterocycles. The average molecular weight is 356 g/mol. The number of ether oxygens (including phenoxy) is 1. The minimum Gasteiger partial charge on any atom is -0.473 e. The first kappa shape index (κ1) is 17.2. The Hall–Kier alpha value is -1.64. The molecule has 8 nitrogen and oxygen atoms in total. The van der Waals surface area contributed by atoms with Crippen molar-refractivity contribution in [1.82, 2.24) is 25.1 Å². The molecule has 2 amide bonds. The average Bonchev–Trinajstić information content (AvgIpc) is 3.01. The molecule has 0 saturated carbocycles. The molecule has 0 bridgehead atoms. The van der Waals surface area contributed by atoms with E-state index in [1.54, 1.807) is 0 Å². The van der Waals surface area contributed by atoms with Gasteiger partial charge in [0.1, 0.15) is 12.7 Å². The number of carbonyl (C=O) groups excluding carboxylic acids is 1. The van der Waals surface area contributed by atoms with Crippen LogP contribution in [0.15, 0.2) is 12.4 Å². The summed E-state index contributed by atoms with van der Waals surface area (Å²) in [7, 11) is 0. The van der Waals surface area contributed by atoms with E-state index < -0.39 is 6.10 Å². The van der Waals surface area contributed by atoms with Gasteiger partial charge in [-0.25, -0.2) is 14.8 Å². The third-order valence-corrected chi connectivity index (χ3v) is 4.65. The summed E-state index contributed by atoms with van der Waals surface area (Å²) in [6.07, 6.45) is 4.20. The number of aliphatic hydroxyl groups excluding tert-OH is 1. The smallest absolute Gasteiger partial charge is 0.317 e. The molecule has 3 rings (SSSR count). The molecule has 1 atom stereocenters. The van der Waals surface area contributed by atoms with Gasteiger partial charge in [0.15, 0.2) is 5.15 Å². The Balaban J connectivity index is 1.39. The van der Waals surface area contributed by atoms with E-state index in [0.717, 1.165) is 39.0 Å². The molecule has 0 aromatic carbocycles. The maximum absolute atomic E-state index is 11.7. The predicted molar refractivity (Wildman–Crippen MR) is 88.1 cm³/mol. The lowest BCUT2D eigenvalue weighted by Crippen LogP contribution is -2.48. The van der Waals surface area contributed by atoms with E-state index in [4.69, 9.17) is 16.3 Å². The highest BCUT2D eigenvalue weighted by Gasteiger charge is 2.31. The molecule has 132 valence electrons. The molecular weight excluding hydrogens is 334 g/mol. The van der Waals surface area contributed by atoms with E-state index in [-0.39, 0.29) is 23.7 Å². The zero-order valence-electron chi connectivity index (χ0n) is 13.4. The first-order chi connectivity index (χ1) is 11.6. The summed E-state index contributed by atoms with van der Waals surface area (Å²) in [6.45, 7) is 3.89. The Bertz CT molecular complexity index is 568. The maximum Gasteiger partial charge on any atom is 0.317 e. The van der Waals surface area contributed by atoms with Crippen molar-refractivity contribution in [3.05, 3.63) is 17.5 Å². The topological polar surface area (TPSA) is 90.8 Å².